The lowest BCUT2D eigenvalue weighted by Gasteiger charge is -2.34. The Bertz CT molecular complexity index is 1340. The van der Waals surface area contributed by atoms with Crippen molar-refractivity contribution in [1.82, 2.24) is 24.4 Å². The number of urea groups is 1. The maximum absolute atomic E-state index is 12.7. The Morgan fingerprint density at radius 1 is 1.03 bits per heavy atom. The third kappa shape index (κ3) is 4.64. The Kier molecular flexibility index (Phi) is 5.89. The summed E-state index contributed by atoms with van der Waals surface area (Å²) in [6, 6.07) is 18.9. The van der Waals surface area contributed by atoms with E-state index in [1.807, 2.05) is 66.4 Å². The number of nitrogens with one attached hydrogen (secondary N) is 1. The number of benzene rings is 2. The number of fused-ring (bicyclic) bond motifs is 1. The van der Waals surface area contributed by atoms with Gasteiger partial charge in [-0.25, -0.2) is 9.78 Å². The van der Waals surface area contributed by atoms with E-state index in [1.54, 1.807) is 6.07 Å². The first-order chi connectivity index (χ1) is 16.1. The van der Waals surface area contributed by atoms with Crippen molar-refractivity contribution in [2.45, 2.75) is 13.5 Å². The molecule has 1 fully saturated rings. The molecule has 0 unspecified atom stereocenters. The summed E-state index contributed by atoms with van der Waals surface area (Å²) in [5.41, 5.74) is 3.46. The lowest BCUT2D eigenvalue weighted by atomic mass is 10.1. The number of aryl methyl sites for hydroxylation is 1. The molecule has 0 atom stereocenters. The van der Waals surface area contributed by atoms with Crippen molar-refractivity contribution in [2.24, 2.45) is 0 Å². The van der Waals surface area contributed by atoms with Crippen molar-refractivity contribution in [1.29, 1.82) is 0 Å². The van der Waals surface area contributed by atoms with Crippen LogP contribution in [0.15, 0.2) is 65.5 Å². The first kappa shape index (κ1) is 21.3. The molecule has 8 nitrogen and oxygen atoms in total. The largest absolute Gasteiger partial charge is 0.322 e. The Hall–Kier alpha value is -3.56. The molecule has 168 valence electrons. The highest BCUT2D eigenvalue weighted by Gasteiger charge is 2.22. The quantitative estimate of drug-likeness (QED) is 0.504. The van der Waals surface area contributed by atoms with Gasteiger partial charge in [0.2, 0.25) is 4.96 Å². The summed E-state index contributed by atoms with van der Waals surface area (Å²) < 4.78 is 1.38. The average Bonchev–Trinajstić information content (AvgIpc) is 3.25. The van der Waals surface area contributed by atoms with Crippen molar-refractivity contribution in [2.75, 3.05) is 31.5 Å². The molecule has 2 aromatic carbocycles. The minimum atomic E-state index is -0.174. The number of rotatable bonds is 4. The van der Waals surface area contributed by atoms with Gasteiger partial charge in [-0.2, -0.15) is 9.61 Å². The Morgan fingerprint density at radius 2 is 1.76 bits per heavy atom. The zero-order chi connectivity index (χ0) is 22.8. The number of nitrogens with zero attached hydrogens (tertiary/aromatic N) is 5. The number of piperazine rings is 1. The molecule has 4 aromatic rings. The molecule has 0 bridgehead atoms. The highest BCUT2D eigenvalue weighted by atomic mass is 32.1. The number of hydrogen-bond donors (Lipinski definition) is 1. The zero-order valence-electron chi connectivity index (χ0n) is 18.3. The summed E-state index contributed by atoms with van der Waals surface area (Å²) in [5, 5.41) is 8.21. The van der Waals surface area contributed by atoms with Crippen LogP contribution in [-0.2, 0) is 6.54 Å². The van der Waals surface area contributed by atoms with E-state index in [2.05, 4.69) is 15.3 Å². The van der Waals surface area contributed by atoms with Gasteiger partial charge in [-0.1, -0.05) is 53.8 Å². The first-order valence-electron chi connectivity index (χ1n) is 10.9. The molecule has 0 aliphatic carbocycles. The maximum atomic E-state index is 12.7. The van der Waals surface area contributed by atoms with Gasteiger partial charge in [0, 0.05) is 50.0 Å². The van der Waals surface area contributed by atoms with Gasteiger partial charge in [0.1, 0.15) is 5.01 Å². The van der Waals surface area contributed by atoms with Crippen LogP contribution >= 0.6 is 11.3 Å². The molecular weight excluding hydrogens is 436 g/mol. The van der Waals surface area contributed by atoms with Crippen molar-refractivity contribution >= 4 is 28.0 Å². The minimum absolute atomic E-state index is 0.0907. The van der Waals surface area contributed by atoms with E-state index < -0.39 is 0 Å². The number of amides is 2. The van der Waals surface area contributed by atoms with E-state index in [9.17, 15) is 9.59 Å². The summed E-state index contributed by atoms with van der Waals surface area (Å²) in [5.74, 6) is 0. The van der Waals surface area contributed by atoms with Crippen LogP contribution in [0.2, 0.25) is 0 Å². The van der Waals surface area contributed by atoms with E-state index in [0.717, 1.165) is 40.6 Å². The fourth-order valence-electron chi connectivity index (χ4n) is 3.92. The molecule has 1 N–H and O–H groups in total. The van der Waals surface area contributed by atoms with Crippen molar-refractivity contribution < 1.29 is 4.79 Å². The summed E-state index contributed by atoms with van der Waals surface area (Å²) in [6.07, 6.45) is 0. The van der Waals surface area contributed by atoms with Crippen LogP contribution in [0, 0.1) is 6.92 Å². The standard InChI is InChI=1S/C24H24N6O2S/c1-17-7-5-6-10-20(17)22-27-30-21(31)15-19(26-24(30)33-22)16-28-11-13-29(14-12-28)23(32)25-18-8-3-2-4-9-18/h2-10,15H,11-14,16H2,1H3,(H,25,32). The van der Waals surface area contributed by atoms with E-state index in [-0.39, 0.29) is 11.6 Å². The lowest BCUT2D eigenvalue weighted by Crippen LogP contribution is -2.49. The summed E-state index contributed by atoms with van der Waals surface area (Å²) in [6.45, 7) is 5.29. The van der Waals surface area contributed by atoms with E-state index in [4.69, 9.17) is 4.98 Å². The van der Waals surface area contributed by atoms with Gasteiger partial charge in [0.25, 0.3) is 5.56 Å². The smallest absolute Gasteiger partial charge is 0.321 e. The summed E-state index contributed by atoms with van der Waals surface area (Å²) in [7, 11) is 0. The number of anilines is 1. The van der Waals surface area contributed by atoms with Crippen LogP contribution in [0.3, 0.4) is 0 Å². The predicted octanol–water partition coefficient (Wildman–Crippen LogP) is 3.48. The van der Waals surface area contributed by atoms with Crippen LogP contribution in [-0.4, -0.2) is 56.6 Å². The maximum Gasteiger partial charge on any atom is 0.321 e. The average molecular weight is 461 g/mol. The molecule has 5 rings (SSSR count). The number of carbonyl (C=O) groups is 1. The van der Waals surface area contributed by atoms with Crippen molar-refractivity contribution in [3.63, 3.8) is 0 Å². The molecule has 1 aliphatic heterocycles. The Balaban J connectivity index is 1.25. The zero-order valence-corrected chi connectivity index (χ0v) is 19.1. The van der Waals surface area contributed by atoms with E-state index >= 15 is 0 Å². The number of hydrogen-bond acceptors (Lipinski definition) is 6. The van der Waals surface area contributed by atoms with Gasteiger partial charge in [0.05, 0.1) is 5.69 Å². The van der Waals surface area contributed by atoms with E-state index in [1.165, 1.54) is 15.9 Å². The van der Waals surface area contributed by atoms with E-state index in [0.29, 0.717) is 24.6 Å². The van der Waals surface area contributed by atoms with Crippen molar-refractivity contribution in [3.8, 4) is 10.6 Å². The van der Waals surface area contributed by atoms with Crippen molar-refractivity contribution in [3.05, 3.63) is 82.3 Å². The minimum Gasteiger partial charge on any atom is -0.322 e. The molecule has 2 aromatic heterocycles. The summed E-state index contributed by atoms with van der Waals surface area (Å²) in [4.78, 5) is 34.5. The number of carbonyl (C=O) groups excluding carboxylic acids is 1. The second-order valence-electron chi connectivity index (χ2n) is 8.06. The Labute approximate surface area is 195 Å². The van der Waals surface area contributed by atoms with Crippen LogP contribution in [0.1, 0.15) is 11.3 Å². The molecule has 0 radical (unpaired) electrons. The molecular formula is C24H24N6O2S. The van der Waals surface area contributed by atoms with Gasteiger partial charge in [-0.3, -0.25) is 9.69 Å². The van der Waals surface area contributed by atoms with Gasteiger partial charge < -0.3 is 10.2 Å². The molecule has 0 spiro atoms. The third-order valence-corrected chi connectivity index (χ3v) is 6.69. The molecule has 0 saturated carbocycles. The highest BCUT2D eigenvalue weighted by Crippen LogP contribution is 2.27. The van der Waals surface area contributed by atoms with Crippen LogP contribution < -0.4 is 10.9 Å². The molecule has 9 heteroatoms. The van der Waals surface area contributed by atoms with Gasteiger partial charge in [-0.15, -0.1) is 0 Å². The topological polar surface area (TPSA) is 82.8 Å². The fourth-order valence-corrected chi connectivity index (χ4v) is 4.94. The van der Waals surface area contributed by atoms with Crippen LogP contribution in [0.4, 0.5) is 10.5 Å². The number of para-hydroxylation sites is 1. The van der Waals surface area contributed by atoms with Gasteiger partial charge in [0.15, 0.2) is 0 Å². The first-order valence-corrected chi connectivity index (χ1v) is 11.7. The van der Waals surface area contributed by atoms with Gasteiger partial charge in [-0.05, 0) is 24.6 Å². The third-order valence-electron chi connectivity index (χ3n) is 5.74. The monoisotopic (exact) mass is 460 g/mol. The SMILES string of the molecule is Cc1ccccc1-c1nn2c(=O)cc(CN3CCN(C(=O)Nc4ccccc4)CC3)nc2s1. The van der Waals surface area contributed by atoms with Crippen LogP contribution in [0.5, 0.6) is 0 Å². The second kappa shape index (κ2) is 9.13. The summed E-state index contributed by atoms with van der Waals surface area (Å²) >= 11 is 1.42. The molecule has 3 heterocycles. The lowest BCUT2D eigenvalue weighted by molar-refractivity contribution is 0.142. The highest BCUT2D eigenvalue weighted by molar-refractivity contribution is 7.19. The van der Waals surface area contributed by atoms with Gasteiger partial charge >= 0.3 is 6.03 Å². The van der Waals surface area contributed by atoms with Crippen LogP contribution in [0.25, 0.3) is 15.5 Å². The molecule has 1 aliphatic rings. The predicted molar refractivity (Wildman–Crippen MR) is 130 cm³/mol. The Morgan fingerprint density at radius 3 is 2.52 bits per heavy atom. The molecule has 2 amide bonds. The fraction of sp³-hybridized carbons (Fsp3) is 0.250. The normalized spacial score (nSPS) is 14.5. The number of aromatic nitrogens is 3. The second-order valence-corrected chi connectivity index (χ2v) is 9.02. The molecule has 1 saturated heterocycles. The molecule has 33 heavy (non-hydrogen) atoms.